The first kappa shape index (κ1) is 14.5. The van der Waals surface area contributed by atoms with Crippen molar-refractivity contribution in [3.8, 4) is 0 Å². The number of nitrogens with two attached hydrogens (primary N) is 1. The van der Waals surface area contributed by atoms with Crippen LogP contribution in [-0.2, 0) is 11.3 Å². The van der Waals surface area contributed by atoms with Crippen molar-refractivity contribution in [3.63, 3.8) is 0 Å². The van der Waals surface area contributed by atoms with Crippen LogP contribution in [0.3, 0.4) is 0 Å². The van der Waals surface area contributed by atoms with E-state index in [1.54, 1.807) is 4.90 Å². The molecule has 2 aromatic rings. The zero-order chi connectivity index (χ0) is 14.5. The molecule has 1 unspecified atom stereocenters. The number of carbonyl (C=O) groups is 1. The lowest BCUT2D eigenvalue weighted by Crippen LogP contribution is -2.41. The molecule has 2 rings (SSSR count). The van der Waals surface area contributed by atoms with Gasteiger partial charge in [0, 0.05) is 13.6 Å². The Morgan fingerprint density at radius 3 is 2.65 bits per heavy atom. The molecule has 20 heavy (non-hydrogen) atoms. The fraction of sp³-hybridized carbons (Fsp3) is 0.353. The van der Waals surface area contributed by atoms with Gasteiger partial charge in [0.05, 0.1) is 6.04 Å². The third kappa shape index (κ3) is 3.17. The second-order valence-corrected chi connectivity index (χ2v) is 5.23. The number of likely N-dealkylation sites (N-methyl/N-ethyl adjacent to an activating group) is 1. The van der Waals surface area contributed by atoms with Gasteiger partial charge in [-0.15, -0.1) is 0 Å². The molecule has 0 aliphatic carbocycles. The van der Waals surface area contributed by atoms with E-state index in [1.165, 1.54) is 10.8 Å². The molecule has 0 aromatic heterocycles. The van der Waals surface area contributed by atoms with Crippen molar-refractivity contribution in [2.24, 2.45) is 5.73 Å². The van der Waals surface area contributed by atoms with E-state index in [4.69, 9.17) is 5.73 Å². The lowest BCUT2D eigenvalue weighted by molar-refractivity contribution is -0.131. The first-order valence-corrected chi connectivity index (χ1v) is 7.10. The largest absolute Gasteiger partial charge is 0.340 e. The maximum atomic E-state index is 12.2. The molecule has 106 valence electrons. The van der Waals surface area contributed by atoms with Gasteiger partial charge in [0.2, 0.25) is 5.91 Å². The third-order valence-electron chi connectivity index (χ3n) is 3.58. The van der Waals surface area contributed by atoms with Gasteiger partial charge in [0.25, 0.3) is 0 Å². The first-order valence-electron chi connectivity index (χ1n) is 7.10. The number of rotatable bonds is 5. The Bertz CT molecular complexity index is 589. The minimum Gasteiger partial charge on any atom is -0.340 e. The molecule has 2 N–H and O–H groups in total. The van der Waals surface area contributed by atoms with Gasteiger partial charge in [0.1, 0.15) is 0 Å². The molecular weight excluding hydrogens is 248 g/mol. The Kier molecular flexibility index (Phi) is 4.74. The average Bonchev–Trinajstić information content (AvgIpc) is 2.47. The summed E-state index contributed by atoms with van der Waals surface area (Å²) in [4.78, 5) is 13.9. The van der Waals surface area contributed by atoms with E-state index in [0.29, 0.717) is 6.54 Å². The normalized spacial score (nSPS) is 12.3. The number of hydrogen-bond acceptors (Lipinski definition) is 2. The number of nitrogens with zero attached hydrogens (tertiary/aromatic N) is 1. The first-order chi connectivity index (χ1) is 9.63. The van der Waals surface area contributed by atoms with Crippen LogP contribution in [0.2, 0.25) is 0 Å². The number of fused-ring (bicyclic) bond motifs is 1. The van der Waals surface area contributed by atoms with Gasteiger partial charge in [-0.2, -0.15) is 0 Å². The van der Waals surface area contributed by atoms with E-state index in [-0.39, 0.29) is 11.9 Å². The van der Waals surface area contributed by atoms with Gasteiger partial charge in [-0.25, -0.2) is 0 Å². The van der Waals surface area contributed by atoms with Gasteiger partial charge in [-0.1, -0.05) is 55.8 Å². The van der Waals surface area contributed by atoms with Crippen molar-refractivity contribution < 1.29 is 4.79 Å². The van der Waals surface area contributed by atoms with Gasteiger partial charge in [0.15, 0.2) is 0 Å². The Morgan fingerprint density at radius 1 is 1.20 bits per heavy atom. The van der Waals surface area contributed by atoms with Crippen LogP contribution in [-0.4, -0.2) is 23.9 Å². The van der Waals surface area contributed by atoms with Crippen molar-refractivity contribution in [2.45, 2.75) is 32.4 Å². The summed E-state index contributed by atoms with van der Waals surface area (Å²) in [6.07, 6.45) is 1.66. The van der Waals surface area contributed by atoms with E-state index in [9.17, 15) is 4.79 Å². The number of benzene rings is 2. The Hall–Kier alpha value is -1.87. The zero-order valence-electron chi connectivity index (χ0n) is 12.2. The number of carbonyl (C=O) groups excluding carboxylic acids is 1. The molecule has 0 aliphatic rings. The summed E-state index contributed by atoms with van der Waals surface area (Å²) >= 11 is 0. The minimum atomic E-state index is -0.389. The molecule has 0 saturated heterocycles. The topological polar surface area (TPSA) is 46.3 Å². The molecule has 1 atom stereocenters. The fourth-order valence-electron chi connectivity index (χ4n) is 2.48. The van der Waals surface area contributed by atoms with Crippen LogP contribution in [0.1, 0.15) is 25.3 Å². The summed E-state index contributed by atoms with van der Waals surface area (Å²) in [6, 6.07) is 14.0. The fourth-order valence-corrected chi connectivity index (χ4v) is 2.48. The Morgan fingerprint density at radius 2 is 1.90 bits per heavy atom. The van der Waals surface area contributed by atoms with Crippen LogP contribution in [0.15, 0.2) is 42.5 Å². The molecule has 2 aromatic carbocycles. The molecular formula is C17H22N2O. The van der Waals surface area contributed by atoms with E-state index in [1.807, 2.05) is 32.2 Å². The molecule has 0 heterocycles. The summed E-state index contributed by atoms with van der Waals surface area (Å²) in [5.74, 6) is 0.0137. The number of amides is 1. The Labute approximate surface area is 120 Å². The Balaban J connectivity index is 2.18. The maximum absolute atomic E-state index is 12.2. The van der Waals surface area contributed by atoms with Crippen molar-refractivity contribution >= 4 is 16.7 Å². The average molecular weight is 270 g/mol. The second-order valence-electron chi connectivity index (χ2n) is 5.23. The minimum absolute atomic E-state index is 0.0137. The molecule has 0 radical (unpaired) electrons. The van der Waals surface area contributed by atoms with Crippen LogP contribution in [0.25, 0.3) is 10.8 Å². The van der Waals surface area contributed by atoms with Gasteiger partial charge in [-0.3, -0.25) is 4.79 Å². The summed E-state index contributed by atoms with van der Waals surface area (Å²) in [5, 5.41) is 2.39. The highest BCUT2D eigenvalue weighted by atomic mass is 16.2. The second kappa shape index (κ2) is 6.53. The highest BCUT2D eigenvalue weighted by Gasteiger charge is 2.17. The van der Waals surface area contributed by atoms with Gasteiger partial charge >= 0.3 is 0 Å². The highest BCUT2D eigenvalue weighted by molar-refractivity contribution is 5.86. The third-order valence-corrected chi connectivity index (χ3v) is 3.58. The summed E-state index contributed by atoms with van der Waals surface area (Å²) in [6.45, 7) is 2.63. The molecule has 0 saturated carbocycles. The molecule has 3 heteroatoms. The van der Waals surface area contributed by atoms with Crippen LogP contribution in [0, 0.1) is 0 Å². The van der Waals surface area contributed by atoms with E-state index < -0.39 is 0 Å². The van der Waals surface area contributed by atoms with Crippen molar-refractivity contribution in [1.82, 2.24) is 4.90 Å². The van der Waals surface area contributed by atoms with Crippen molar-refractivity contribution in [1.29, 1.82) is 0 Å². The monoisotopic (exact) mass is 270 g/mol. The van der Waals surface area contributed by atoms with Crippen molar-refractivity contribution in [2.75, 3.05) is 7.05 Å². The number of hydrogen-bond donors (Lipinski definition) is 1. The lowest BCUT2D eigenvalue weighted by Gasteiger charge is -2.22. The molecule has 0 fully saturated rings. The smallest absolute Gasteiger partial charge is 0.239 e. The van der Waals surface area contributed by atoms with Crippen LogP contribution >= 0.6 is 0 Å². The molecule has 0 bridgehead atoms. The van der Waals surface area contributed by atoms with Crippen LogP contribution in [0.5, 0.6) is 0 Å². The van der Waals surface area contributed by atoms with Gasteiger partial charge < -0.3 is 10.6 Å². The summed E-state index contributed by atoms with van der Waals surface area (Å²) in [5.41, 5.74) is 7.06. The summed E-state index contributed by atoms with van der Waals surface area (Å²) in [7, 11) is 1.82. The quantitative estimate of drug-likeness (QED) is 0.908. The zero-order valence-corrected chi connectivity index (χ0v) is 12.2. The SMILES string of the molecule is CCCC(N)C(=O)N(C)Cc1cccc2ccccc12. The molecule has 0 spiro atoms. The van der Waals surface area contributed by atoms with E-state index >= 15 is 0 Å². The lowest BCUT2D eigenvalue weighted by atomic mass is 10.0. The predicted molar refractivity (Wildman–Crippen MR) is 83.3 cm³/mol. The van der Waals surface area contributed by atoms with Crippen LogP contribution in [0.4, 0.5) is 0 Å². The van der Waals surface area contributed by atoms with Crippen molar-refractivity contribution in [3.05, 3.63) is 48.0 Å². The predicted octanol–water partition coefficient (Wildman–Crippen LogP) is 2.93. The molecule has 0 aliphatic heterocycles. The standard InChI is InChI=1S/C17H22N2O/c1-3-7-16(18)17(20)19(2)12-14-10-6-9-13-8-4-5-11-15(13)14/h4-6,8-11,16H,3,7,12,18H2,1-2H3. The molecule has 3 nitrogen and oxygen atoms in total. The van der Waals surface area contributed by atoms with E-state index in [0.717, 1.165) is 18.4 Å². The van der Waals surface area contributed by atoms with Crippen LogP contribution < -0.4 is 5.73 Å². The summed E-state index contributed by atoms with van der Waals surface area (Å²) < 4.78 is 0. The van der Waals surface area contributed by atoms with Gasteiger partial charge in [-0.05, 0) is 22.8 Å². The maximum Gasteiger partial charge on any atom is 0.239 e. The molecule has 1 amide bonds. The van der Waals surface area contributed by atoms with E-state index in [2.05, 4.69) is 24.3 Å². The highest BCUT2D eigenvalue weighted by Crippen LogP contribution is 2.19.